The molecule has 5 rings (SSSR count). The summed E-state index contributed by atoms with van der Waals surface area (Å²) in [7, 11) is 0. The predicted octanol–water partition coefficient (Wildman–Crippen LogP) is 5.06. The van der Waals surface area contributed by atoms with E-state index < -0.39 is 40.6 Å². The number of hydrogen-bond acceptors (Lipinski definition) is 6. The van der Waals surface area contributed by atoms with E-state index in [1.807, 2.05) is 13.0 Å². The van der Waals surface area contributed by atoms with Crippen LogP contribution >= 0.6 is 11.6 Å². The second-order valence-corrected chi connectivity index (χ2v) is 8.94. The molecule has 0 N–H and O–H groups in total. The van der Waals surface area contributed by atoms with Crippen molar-refractivity contribution in [3.05, 3.63) is 98.3 Å². The number of nitro groups is 1. The van der Waals surface area contributed by atoms with Gasteiger partial charge >= 0.3 is 0 Å². The normalized spacial score (nSPS) is 21.5. The van der Waals surface area contributed by atoms with Crippen molar-refractivity contribution in [2.75, 3.05) is 9.96 Å². The molecular weight excluding hydrogens is 477 g/mol. The first kappa shape index (κ1) is 22.9. The SMILES string of the molecule is Cc1ccc(N2C(=O)[C@@H]3[C@H](ON(c4cccc([N+](=O)[O-])c4)[C@@H]3c3c(F)cccc3Cl)C2=O)c(C)c1. The molecule has 10 heteroatoms. The quantitative estimate of drug-likeness (QED) is 0.285. The highest BCUT2D eigenvalue weighted by Gasteiger charge is 2.61. The highest BCUT2D eigenvalue weighted by Crippen LogP contribution is 2.50. The lowest BCUT2D eigenvalue weighted by molar-refractivity contribution is -0.384. The van der Waals surface area contributed by atoms with Crippen LogP contribution in [-0.2, 0) is 14.4 Å². The number of rotatable bonds is 4. The topological polar surface area (TPSA) is 93.0 Å². The fraction of sp³-hybridized carbons (Fsp3) is 0.200. The lowest BCUT2D eigenvalue weighted by Crippen LogP contribution is -2.38. The molecule has 0 spiro atoms. The number of fused-ring (bicyclic) bond motifs is 1. The minimum atomic E-state index is -1.26. The minimum absolute atomic E-state index is 0.0307. The number of benzene rings is 3. The molecule has 2 aliphatic heterocycles. The van der Waals surface area contributed by atoms with E-state index in [-0.39, 0.29) is 22.0 Å². The standard InChI is InChI=1S/C25H19ClFN3O5/c1-13-9-10-19(14(2)11-13)28-24(31)21-22(20-17(26)7-4-8-18(20)27)29(35-23(21)25(28)32)15-5-3-6-16(12-15)30(33)34/h3-12,21-23H,1-2H3/t21-,22+,23-/m0/s1. The van der Waals surface area contributed by atoms with Gasteiger partial charge in [-0.05, 0) is 43.7 Å². The minimum Gasteiger partial charge on any atom is -0.273 e. The summed E-state index contributed by atoms with van der Waals surface area (Å²) in [5.41, 5.74) is 2.05. The van der Waals surface area contributed by atoms with Crippen molar-refractivity contribution < 1.29 is 23.7 Å². The Bertz CT molecular complexity index is 1380. The summed E-state index contributed by atoms with van der Waals surface area (Å²) in [6, 6.07) is 13.8. The predicted molar refractivity (Wildman–Crippen MR) is 126 cm³/mol. The van der Waals surface area contributed by atoms with Gasteiger partial charge in [0.2, 0.25) is 5.91 Å². The molecule has 0 radical (unpaired) electrons. The monoisotopic (exact) mass is 495 g/mol. The molecule has 2 saturated heterocycles. The highest BCUT2D eigenvalue weighted by molar-refractivity contribution is 6.31. The second kappa shape index (κ2) is 8.44. The zero-order valence-electron chi connectivity index (χ0n) is 18.6. The molecule has 35 heavy (non-hydrogen) atoms. The maximum absolute atomic E-state index is 15.1. The van der Waals surface area contributed by atoms with Gasteiger partial charge in [-0.2, -0.15) is 0 Å². The number of hydroxylamine groups is 1. The fourth-order valence-electron chi connectivity index (χ4n) is 4.76. The summed E-state index contributed by atoms with van der Waals surface area (Å²) in [6.07, 6.45) is -1.26. The smallest absolute Gasteiger partial charge is 0.271 e. The first-order valence-electron chi connectivity index (χ1n) is 10.8. The summed E-state index contributed by atoms with van der Waals surface area (Å²) >= 11 is 6.37. The lowest BCUT2D eigenvalue weighted by Gasteiger charge is -2.29. The third-order valence-corrected chi connectivity index (χ3v) is 6.63. The van der Waals surface area contributed by atoms with E-state index in [1.54, 1.807) is 19.1 Å². The maximum atomic E-state index is 15.1. The summed E-state index contributed by atoms with van der Waals surface area (Å²) in [4.78, 5) is 44.9. The molecule has 0 unspecified atom stereocenters. The van der Waals surface area contributed by atoms with Crippen molar-refractivity contribution >= 4 is 40.5 Å². The van der Waals surface area contributed by atoms with Crippen LogP contribution in [0.2, 0.25) is 5.02 Å². The van der Waals surface area contributed by atoms with E-state index in [4.69, 9.17) is 16.4 Å². The van der Waals surface area contributed by atoms with Crippen LogP contribution in [0.5, 0.6) is 0 Å². The average Bonchev–Trinajstić information content (AvgIpc) is 3.30. The average molecular weight is 496 g/mol. The number of anilines is 2. The third-order valence-electron chi connectivity index (χ3n) is 6.30. The van der Waals surface area contributed by atoms with Gasteiger partial charge in [-0.25, -0.2) is 14.4 Å². The maximum Gasteiger partial charge on any atom is 0.271 e. The van der Waals surface area contributed by atoms with Crippen molar-refractivity contribution in [3.8, 4) is 0 Å². The highest BCUT2D eigenvalue weighted by atomic mass is 35.5. The van der Waals surface area contributed by atoms with E-state index >= 15 is 4.39 Å². The summed E-state index contributed by atoms with van der Waals surface area (Å²) in [5.74, 6) is -2.98. The zero-order chi connectivity index (χ0) is 25.0. The molecule has 3 atom stereocenters. The molecule has 2 aliphatic rings. The van der Waals surface area contributed by atoms with Crippen LogP contribution in [0.4, 0.5) is 21.5 Å². The molecule has 8 nitrogen and oxygen atoms in total. The Morgan fingerprint density at radius 2 is 1.77 bits per heavy atom. The third kappa shape index (κ3) is 3.64. The molecule has 2 fully saturated rings. The molecule has 0 aromatic heterocycles. The van der Waals surface area contributed by atoms with Crippen molar-refractivity contribution in [3.63, 3.8) is 0 Å². The number of carbonyl (C=O) groups excluding carboxylic acids is 2. The number of imide groups is 1. The molecule has 3 aromatic carbocycles. The van der Waals surface area contributed by atoms with Crippen LogP contribution in [0.3, 0.4) is 0 Å². The first-order chi connectivity index (χ1) is 16.7. The van der Waals surface area contributed by atoms with E-state index in [9.17, 15) is 19.7 Å². The van der Waals surface area contributed by atoms with Gasteiger partial charge in [0.1, 0.15) is 17.8 Å². The molecule has 178 valence electrons. The van der Waals surface area contributed by atoms with Crippen LogP contribution < -0.4 is 9.96 Å². The molecule has 0 aliphatic carbocycles. The van der Waals surface area contributed by atoms with Gasteiger partial charge in [-0.1, -0.05) is 41.4 Å². The number of carbonyl (C=O) groups is 2. The van der Waals surface area contributed by atoms with Gasteiger partial charge in [0.15, 0.2) is 6.10 Å². The molecule has 2 amide bonds. The summed E-state index contributed by atoms with van der Waals surface area (Å²) < 4.78 is 15.1. The van der Waals surface area contributed by atoms with E-state index in [1.165, 1.54) is 47.5 Å². The Hall–Kier alpha value is -3.82. The van der Waals surface area contributed by atoms with Gasteiger partial charge in [0.05, 0.1) is 16.3 Å². The van der Waals surface area contributed by atoms with Gasteiger partial charge < -0.3 is 0 Å². The van der Waals surface area contributed by atoms with Gasteiger partial charge in [-0.3, -0.25) is 24.5 Å². The van der Waals surface area contributed by atoms with E-state index in [2.05, 4.69) is 0 Å². The largest absolute Gasteiger partial charge is 0.273 e. The lowest BCUT2D eigenvalue weighted by atomic mass is 9.90. The Balaban J connectivity index is 1.65. The Morgan fingerprint density at radius 1 is 1.03 bits per heavy atom. The second-order valence-electron chi connectivity index (χ2n) is 8.54. The number of aryl methyl sites for hydroxylation is 2. The number of nitrogens with zero attached hydrogens (tertiary/aromatic N) is 3. The van der Waals surface area contributed by atoms with Crippen LogP contribution in [-0.4, -0.2) is 22.8 Å². The Morgan fingerprint density at radius 3 is 2.46 bits per heavy atom. The Kier molecular flexibility index (Phi) is 5.53. The van der Waals surface area contributed by atoms with Crippen LogP contribution in [0.25, 0.3) is 0 Å². The van der Waals surface area contributed by atoms with Crippen molar-refractivity contribution in [2.45, 2.75) is 26.0 Å². The fourth-order valence-corrected chi connectivity index (χ4v) is 5.04. The van der Waals surface area contributed by atoms with Crippen molar-refractivity contribution in [1.82, 2.24) is 0 Å². The van der Waals surface area contributed by atoms with Crippen LogP contribution in [0.15, 0.2) is 60.7 Å². The number of nitro benzene ring substituents is 1. The van der Waals surface area contributed by atoms with E-state index in [0.29, 0.717) is 5.69 Å². The molecule has 2 heterocycles. The number of amides is 2. The molecular formula is C25H19ClFN3O5. The molecule has 0 bridgehead atoms. The van der Waals surface area contributed by atoms with Crippen LogP contribution in [0, 0.1) is 35.7 Å². The summed E-state index contributed by atoms with van der Waals surface area (Å²) in [6.45, 7) is 3.69. The summed E-state index contributed by atoms with van der Waals surface area (Å²) in [5, 5.41) is 12.6. The van der Waals surface area contributed by atoms with Gasteiger partial charge in [0, 0.05) is 22.7 Å². The van der Waals surface area contributed by atoms with Gasteiger partial charge in [-0.15, -0.1) is 0 Å². The molecule has 3 aromatic rings. The van der Waals surface area contributed by atoms with Crippen molar-refractivity contribution in [1.29, 1.82) is 0 Å². The number of hydrogen-bond donors (Lipinski definition) is 0. The zero-order valence-corrected chi connectivity index (χ0v) is 19.4. The van der Waals surface area contributed by atoms with Crippen molar-refractivity contribution in [2.24, 2.45) is 5.92 Å². The Labute approximate surface area is 204 Å². The van der Waals surface area contributed by atoms with Crippen LogP contribution in [0.1, 0.15) is 22.7 Å². The first-order valence-corrected chi connectivity index (χ1v) is 11.2. The number of non-ortho nitro benzene ring substituents is 1. The number of halogens is 2. The molecule has 0 saturated carbocycles. The van der Waals surface area contributed by atoms with Gasteiger partial charge in [0.25, 0.3) is 11.6 Å². The van der Waals surface area contributed by atoms with E-state index in [0.717, 1.165) is 16.0 Å².